The standard InChI is InChI=1S/C13H17N3S2/c1-3-6-14-7-11-4-5-12(15-8-11)18-13-16-10(2)9-17-13/h4-5,8-9,14H,3,6-7H2,1-2H3. The molecule has 0 spiro atoms. The number of rotatable bonds is 6. The smallest absolute Gasteiger partial charge is 0.156 e. The molecule has 0 aromatic carbocycles. The maximum atomic E-state index is 4.45. The van der Waals surface area contributed by atoms with Crippen molar-refractivity contribution in [2.45, 2.75) is 36.2 Å². The summed E-state index contributed by atoms with van der Waals surface area (Å²) in [6.07, 6.45) is 3.09. The molecule has 2 rings (SSSR count). The molecule has 2 aromatic heterocycles. The van der Waals surface area contributed by atoms with Crippen molar-refractivity contribution in [1.29, 1.82) is 0 Å². The second kappa shape index (κ2) is 6.87. The second-order valence-corrected chi connectivity index (χ2v) is 6.16. The Hall–Kier alpha value is -0.910. The maximum Gasteiger partial charge on any atom is 0.156 e. The summed E-state index contributed by atoms with van der Waals surface area (Å²) >= 11 is 3.29. The number of hydrogen-bond donors (Lipinski definition) is 1. The van der Waals surface area contributed by atoms with Gasteiger partial charge in [0.25, 0.3) is 0 Å². The van der Waals surface area contributed by atoms with Crippen LogP contribution in [-0.2, 0) is 6.54 Å². The molecule has 0 amide bonds. The number of nitrogens with one attached hydrogen (secondary N) is 1. The highest BCUT2D eigenvalue weighted by Gasteiger charge is 2.03. The summed E-state index contributed by atoms with van der Waals surface area (Å²) in [6, 6.07) is 4.18. The summed E-state index contributed by atoms with van der Waals surface area (Å²) in [4.78, 5) is 8.87. The van der Waals surface area contributed by atoms with Crippen molar-refractivity contribution in [3.8, 4) is 0 Å². The van der Waals surface area contributed by atoms with E-state index in [0.29, 0.717) is 0 Å². The third kappa shape index (κ3) is 4.08. The van der Waals surface area contributed by atoms with Gasteiger partial charge in [0.15, 0.2) is 4.34 Å². The van der Waals surface area contributed by atoms with Crippen molar-refractivity contribution in [2.24, 2.45) is 0 Å². The van der Waals surface area contributed by atoms with E-state index in [1.807, 2.05) is 13.1 Å². The van der Waals surface area contributed by atoms with Gasteiger partial charge >= 0.3 is 0 Å². The van der Waals surface area contributed by atoms with Crippen LogP contribution in [0.2, 0.25) is 0 Å². The van der Waals surface area contributed by atoms with E-state index in [0.717, 1.165) is 34.6 Å². The minimum Gasteiger partial charge on any atom is -0.313 e. The monoisotopic (exact) mass is 279 g/mol. The number of nitrogens with zero attached hydrogens (tertiary/aromatic N) is 2. The molecule has 96 valence electrons. The van der Waals surface area contributed by atoms with Crippen LogP contribution in [0.3, 0.4) is 0 Å². The van der Waals surface area contributed by atoms with Gasteiger partial charge in [0.05, 0.1) is 0 Å². The first-order valence-corrected chi connectivity index (χ1v) is 7.73. The van der Waals surface area contributed by atoms with E-state index in [4.69, 9.17) is 0 Å². The van der Waals surface area contributed by atoms with Gasteiger partial charge in [-0.15, -0.1) is 11.3 Å². The summed E-state index contributed by atoms with van der Waals surface area (Å²) in [5.74, 6) is 0. The lowest BCUT2D eigenvalue weighted by Gasteiger charge is -2.03. The Morgan fingerprint density at radius 1 is 1.39 bits per heavy atom. The lowest BCUT2D eigenvalue weighted by atomic mass is 10.3. The first-order chi connectivity index (χ1) is 8.78. The minimum atomic E-state index is 0.891. The van der Waals surface area contributed by atoms with E-state index in [9.17, 15) is 0 Å². The number of aromatic nitrogens is 2. The summed E-state index contributed by atoms with van der Waals surface area (Å²) in [7, 11) is 0. The number of hydrogen-bond acceptors (Lipinski definition) is 5. The molecule has 2 heterocycles. The predicted octanol–water partition coefficient (Wildman–Crippen LogP) is 3.50. The van der Waals surface area contributed by atoms with E-state index in [2.05, 4.69) is 39.7 Å². The highest BCUT2D eigenvalue weighted by molar-refractivity contribution is 8.01. The van der Waals surface area contributed by atoms with Gasteiger partial charge < -0.3 is 5.32 Å². The second-order valence-electron chi connectivity index (χ2n) is 4.04. The average Bonchev–Trinajstić information content (AvgIpc) is 2.77. The zero-order chi connectivity index (χ0) is 12.8. The number of thiazole rings is 1. The fourth-order valence-corrected chi connectivity index (χ4v) is 3.18. The highest BCUT2D eigenvalue weighted by atomic mass is 32.2. The zero-order valence-electron chi connectivity index (χ0n) is 10.6. The first-order valence-electron chi connectivity index (χ1n) is 6.03. The molecule has 5 heteroatoms. The Labute approximate surface area is 116 Å². The topological polar surface area (TPSA) is 37.8 Å². The molecule has 0 atom stereocenters. The molecule has 0 fully saturated rings. The van der Waals surface area contributed by atoms with Crippen LogP contribution >= 0.6 is 23.1 Å². The van der Waals surface area contributed by atoms with Crippen molar-refractivity contribution < 1.29 is 0 Å². The molecule has 0 saturated carbocycles. The van der Waals surface area contributed by atoms with Crippen molar-refractivity contribution in [2.75, 3.05) is 6.54 Å². The van der Waals surface area contributed by atoms with Gasteiger partial charge in [-0.25, -0.2) is 9.97 Å². The highest BCUT2D eigenvalue weighted by Crippen LogP contribution is 2.28. The van der Waals surface area contributed by atoms with E-state index < -0.39 is 0 Å². The minimum absolute atomic E-state index is 0.891. The molecule has 0 saturated heterocycles. The molecular formula is C13H17N3S2. The molecule has 2 aromatic rings. The van der Waals surface area contributed by atoms with Gasteiger partial charge in [-0.1, -0.05) is 13.0 Å². The average molecular weight is 279 g/mol. The molecule has 18 heavy (non-hydrogen) atoms. The quantitative estimate of drug-likeness (QED) is 0.821. The third-order valence-electron chi connectivity index (χ3n) is 2.34. The molecule has 0 aliphatic heterocycles. The van der Waals surface area contributed by atoms with Crippen molar-refractivity contribution >= 4 is 23.1 Å². The SMILES string of the molecule is CCCNCc1ccc(Sc2nc(C)cs2)nc1. The van der Waals surface area contributed by atoms with E-state index in [1.165, 1.54) is 5.56 Å². The Morgan fingerprint density at radius 2 is 2.28 bits per heavy atom. The molecule has 0 unspecified atom stereocenters. The molecule has 0 aliphatic carbocycles. The lowest BCUT2D eigenvalue weighted by molar-refractivity contribution is 0.673. The predicted molar refractivity (Wildman–Crippen MR) is 77.2 cm³/mol. The van der Waals surface area contributed by atoms with E-state index in [-0.39, 0.29) is 0 Å². The molecule has 0 radical (unpaired) electrons. The van der Waals surface area contributed by atoms with Crippen LogP contribution in [-0.4, -0.2) is 16.5 Å². The van der Waals surface area contributed by atoms with Gasteiger partial charge in [0, 0.05) is 23.8 Å². The summed E-state index contributed by atoms with van der Waals surface area (Å²) < 4.78 is 1.05. The Balaban J connectivity index is 1.91. The van der Waals surface area contributed by atoms with Gasteiger partial charge in [-0.05, 0) is 43.3 Å². The lowest BCUT2D eigenvalue weighted by Crippen LogP contribution is -2.13. The van der Waals surface area contributed by atoms with Gasteiger partial charge in [-0.2, -0.15) is 0 Å². The Morgan fingerprint density at radius 3 is 2.89 bits per heavy atom. The van der Waals surface area contributed by atoms with Crippen LogP contribution in [0.4, 0.5) is 0 Å². The summed E-state index contributed by atoms with van der Waals surface area (Å²) in [5, 5.41) is 6.43. The fourth-order valence-electron chi connectivity index (χ4n) is 1.45. The Bertz CT molecular complexity index is 479. The fraction of sp³-hybridized carbons (Fsp3) is 0.385. The Kier molecular flexibility index (Phi) is 5.16. The van der Waals surface area contributed by atoms with Crippen LogP contribution in [0, 0.1) is 6.92 Å². The van der Waals surface area contributed by atoms with Gasteiger partial charge in [0.2, 0.25) is 0 Å². The van der Waals surface area contributed by atoms with Gasteiger partial charge in [-0.3, -0.25) is 0 Å². The number of aryl methyl sites for hydroxylation is 1. The van der Waals surface area contributed by atoms with Crippen molar-refractivity contribution in [1.82, 2.24) is 15.3 Å². The summed E-state index contributed by atoms with van der Waals surface area (Å²) in [5.41, 5.74) is 2.30. The molecule has 0 bridgehead atoms. The van der Waals surface area contributed by atoms with Crippen LogP contribution in [0.25, 0.3) is 0 Å². The molecule has 1 N–H and O–H groups in total. The van der Waals surface area contributed by atoms with E-state index in [1.54, 1.807) is 23.1 Å². The first kappa shape index (κ1) is 13.5. The van der Waals surface area contributed by atoms with E-state index >= 15 is 0 Å². The molecule has 3 nitrogen and oxygen atoms in total. The van der Waals surface area contributed by atoms with Crippen molar-refractivity contribution in [3.05, 3.63) is 35.0 Å². The maximum absolute atomic E-state index is 4.45. The molecule has 0 aliphatic rings. The largest absolute Gasteiger partial charge is 0.313 e. The normalized spacial score (nSPS) is 10.8. The van der Waals surface area contributed by atoms with Gasteiger partial charge in [0.1, 0.15) is 5.03 Å². The van der Waals surface area contributed by atoms with Crippen molar-refractivity contribution in [3.63, 3.8) is 0 Å². The van der Waals surface area contributed by atoms with Crippen LogP contribution in [0.15, 0.2) is 33.1 Å². The summed E-state index contributed by atoms with van der Waals surface area (Å²) in [6.45, 7) is 6.12. The number of pyridine rings is 1. The zero-order valence-corrected chi connectivity index (χ0v) is 12.3. The van der Waals surface area contributed by atoms with Crippen LogP contribution < -0.4 is 5.32 Å². The van der Waals surface area contributed by atoms with Crippen LogP contribution in [0.1, 0.15) is 24.6 Å². The third-order valence-corrected chi connectivity index (χ3v) is 4.35. The van der Waals surface area contributed by atoms with Crippen LogP contribution in [0.5, 0.6) is 0 Å². The molecular weight excluding hydrogens is 262 g/mol.